The monoisotopic (exact) mass is 240 g/mol. The predicted octanol–water partition coefficient (Wildman–Crippen LogP) is 0.302. The van der Waals surface area contributed by atoms with Crippen LogP contribution in [0, 0.1) is 0 Å². The highest BCUT2D eigenvalue weighted by Gasteiger charge is 2.11. The van der Waals surface area contributed by atoms with Gasteiger partial charge in [-0.1, -0.05) is 6.92 Å². The lowest BCUT2D eigenvalue weighted by molar-refractivity contribution is -0.138. The molecule has 0 heterocycles. The molecule has 0 aliphatic carbocycles. The average Bonchev–Trinajstić information content (AvgIpc) is 2.23. The number of hydrogen-bond donors (Lipinski definition) is 4. The molecular weight excluding hydrogens is 220 g/mol. The van der Waals surface area contributed by atoms with E-state index in [0.717, 1.165) is 5.70 Å². The summed E-state index contributed by atoms with van der Waals surface area (Å²) < 4.78 is 0. The van der Waals surface area contributed by atoms with Gasteiger partial charge in [-0.15, -0.1) is 0 Å². The summed E-state index contributed by atoms with van der Waals surface area (Å²) in [4.78, 5) is 14.6. The third kappa shape index (κ3) is 7.13. The molecule has 0 aromatic carbocycles. The molecule has 1 atom stereocenters. The zero-order chi connectivity index (χ0) is 13.4. The second-order valence-electron chi connectivity index (χ2n) is 3.66. The summed E-state index contributed by atoms with van der Waals surface area (Å²) in [5.74, 6) is -0.607. The summed E-state index contributed by atoms with van der Waals surface area (Å²) in [6, 6.07) is -0.982. The van der Waals surface area contributed by atoms with E-state index in [-0.39, 0.29) is 6.42 Å². The molecule has 0 bridgehead atoms. The number of aliphatic carboxylic acids is 1. The lowest BCUT2D eigenvalue weighted by Gasteiger charge is -2.05. The Morgan fingerprint density at radius 1 is 1.41 bits per heavy atom. The van der Waals surface area contributed by atoms with Crippen molar-refractivity contribution in [2.75, 3.05) is 0 Å². The molecule has 96 valence electrons. The van der Waals surface area contributed by atoms with Crippen molar-refractivity contribution in [3.05, 3.63) is 23.5 Å². The quantitative estimate of drug-likeness (QED) is 0.301. The molecule has 1 unspecified atom stereocenters. The van der Waals surface area contributed by atoms with Gasteiger partial charge in [0.2, 0.25) is 0 Å². The Hall–Kier alpha value is -1.82. The average molecular weight is 240 g/mol. The Labute approximate surface area is 101 Å². The van der Waals surface area contributed by atoms with Crippen LogP contribution >= 0.6 is 0 Å². The molecule has 0 aliphatic rings. The predicted molar refractivity (Wildman–Crippen MR) is 68.2 cm³/mol. The van der Waals surface area contributed by atoms with Crippen LogP contribution in [-0.2, 0) is 4.79 Å². The number of nitrogens with zero attached hydrogens (tertiary/aromatic N) is 1. The van der Waals surface area contributed by atoms with E-state index in [1.165, 1.54) is 0 Å². The first kappa shape index (κ1) is 15.2. The van der Waals surface area contributed by atoms with Crippen molar-refractivity contribution in [3.63, 3.8) is 0 Å². The number of carboxylic acids is 1. The molecule has 17 heavy (non-hydrogen) atoms. The van der Waals surface area contributed by atoms with E-state index in [9.17, 15) is 4.79 Å². The van der Waals surface area contributed by atoms with Crippen LogP contribution < -0.4 is 17.2 Å². The minimum absolute atomic E-state index is 0.105. The highest BCUT2D eigenvalue weighted by Crippen LogP contribution is 2.05. The van der Waals surface area contributed by atoms with Gasteiger partial charge < -0.3 is 22.3 Å². The van der Waals surface area contributed by atoms with Gasteiger partial charge in [0, 0.05) is 17.8 Å². The summed E-state index contributed by atoms with van der Waals surface area (Å²) in [5.41, 5.74) is 17.6. The van der Waals surface area contributed by atoms with Crippen molar-refractivity contribution in [2.45, 2.75) is 32.7 Å². The molecule has 0 spiro atoms. The van der Waals surface area contributed by atoms with Crippen LogP contribution in [0.4, 0.5) is 0 Å². The summed E-state index contributed by atoms with van der Waals surface area (Å²) in [6.45, 7) is 3.63. The topological polar surface area (TPSA) is 128 Å². The maximum atomic E-state index is 10.5. The van der Waals surface area contributed by atoms with Crippen LogP contribution in [0.25, 0.3) is 0 Å². The van der Waals surface area contributed by atoms with Crippen LogP contribution in [0.3, 0.4) is 0 Å². The first-order chi connectivity index (χ1) is 7.86. The van der Waals surface area contributed by atoms with E-state index in [1.807, 2.05) is 6.92 Å². The Kier molecular flexibility index (Phi) is 6.65. The molecule has 0 aromatic rings. The fourth-order valence-corrected chi connectivity index (χ4v) is 1.07. The first-order valence-electron chi connectivity index (χ1n) is 5.31. The molecule has 0 radical (unpaired) electrons. The molecule has 6 nitrogen and oxygen atoms in total. The second-order valence-corrected chi connectivity index (χ2v) is 3.66. The summed E-state index contributed by atoms with van der Waals surface area (Å²) in [6.07, 6.45) is 4.13. The third-order valence-corrected chi connectivity index (χ3v) is 1.94. The van der Waals surface area contributed by atoms with Gasteiger partial charge in [-0.2, -0.15) is 0 Å². The zero-order valence-electron chi connectivity index (χ0n) is 10.2. The molecular formula is C11H20N4O2. The largest absolute Gasteiger partial charge is 0.480 e. The number of nitrogens with two attached hydrogens (primary N) is 3. The van der Waals surface area contributed by atoms with Gasteiger partial charge in [0.05, 0.1) is 5.84 Å². The summed E-state index contributed by atoms with van der Waals surface area (Å²) in [5, 5.41) is 8.61. The van der Waals surface area contributed by atoms with Gasteiger partial charge in [0.25, 0.3) is 0 Å². The Morgan fingerprint density at radius 3 is 2.41 bits per heavy atom. The van der Waals surface area contributed by atoms with Crippen molar-refractivity contribution in [1.82, 2.24) is 0 Å². The summed E-state index contributed by atoms with van der Waals surface area (Å²) in [7, 11) is 0. The molecule has 0 rings (SSSR count). The second kappa shape index (κ2) is 7.45. The van der Waals surface area contributed by atoms with E-state index < -0.39 is 12.0 Å². The van der Waals surface area contributed by atoms with Crippen molar-refractivity contribution in [2.24, 2.45) is 22.2 Å². The van der Waals surface area contributed by atoms with Gasteiger partial charge in [-0.25, -0.2) is 4.99 Å². The van der Waals surface area contributed by atoms with Crippen LogP contribution in [0.5, 0.6) is 0 Å². The molecule has 0 saturated heterocycles. The lowest BCUT2D eigenvalue weighted by atomic mass is 10.1. The first-order valence-corrected chi connectivity index (χ1v) is 5.31. The van der Waals surface area contributed by atoms with Crippen molar-refractivity contribution < 1.29 is 9.90 Å². The van der Waals surface area contributed by atoms with Gasteiger partial charge in [-0.3, -0.25) is 4.79 Å². The molecule has 0 amide bonds. The minimum atomic E-state index is -1.07. The summed E-state index contributed by atoms with van der Waals surface area (Å²) >= 11 is 0. The highest BCUT2D eigenvalue weighted by atomic mass is 16.4. The molecule has 0 aliphatic heterocycles. The third-order valence-electron chi connectivity index (χ3n) is 1.94. The maximum Gasteiger partial charge on any atom is 0.320 e. The number of amidine groups is 1. The maximum absolute atomic E-state index is 10.5. The fraction of sp³-hybridized carbons (Fsp3) is 0.455. The number of aliphatic imine (C=N–C) groups is 1. The standard InChI is InChI=1S/C11H20N4O2/c1-3-9(15-7(2)12)5-4-8(13)6-10(14)11(16)17/h4-5,10H,3,6,13-14H2,1-2H3,(H2,12,15)(H,16,17)/b8-4-,9-5+. The van der Waals surface area contributed by atoms with Crippen LogP contribution in [0.15, 0.2) is 28.5 Å². The lowest BCUT2D eigenvalue weighted by Crippen LogP contribution is -2.31. The van der Waals surface area contributed by atoms with Crippen LogP contribution in [0.2, 0.25) is 0 Å². The minimum Gasteiger partial charge on any atom is -0.480 e. The van der Waals surface area contributed by atoms with Gasteiger partial charge in [0.1, 0.15) is 6.04 Å². The molecule has 0 aromatic heterocycles. The molecule has 0 saturated carbocycles. The van der Waals surface area contributed by atoms with Crippen molar-refractivity contribution in [1.29, 1.82) is 0 Å². The van der Waals surface area contributed by atoms with Crippen molar-refractivity contribution >= 4 is 11.8 Å². The fourth-order valence-electron chi connectivity index (χ4n) is 1.07. The number of carbonyl (C=O) groups is 1. The van der Waals surface area contributed by atoms with Crippen molar-refractivity contribution in [3.8, 4) is 0 Å². The van der Waals surface area contributed by atoms with E-state index in [2.05, 4.69) is 4.99 Å². The van der Waals surface area contributed by atoms with E-state index >= 15 is 0 Å². The number of hydrogen-bond acceptors (Lipinski definition) is 4. The van der Waals surface area contributed by atoms with E-state index in [1.54, 1.807) is 19.1 Å². The van der Waals surface area contributed by atoms with E-state index in [4.69, 9.17) is 22.3 Å². The zero-order valence-corrected chi connectivity index (χ0v) is 10.2. The van der Waals surface area contributed by atoms with Crippen LogP contribution in [0.1, 0.15) is 26.7 Å². The molecule has 6 heteroatoms. The Morgan fingerprint density at radius 2 is 2.00 bits per heavy atom. The number of carboxylic acid groups (broad SMARTS) is 1. The number of rotatable bonds is 6. The van der Waals surface area contributed by atoms with Gasteiger partial charge >= 0.3 is 5.97 Å². The molecule has 0 fully saturated rings. The molecule has 7 N–H and O–H groups in total. The Bertz CT molecular complexity index is 354. The SMILES string of the molecule is CC/C(=C\C=C(/N)CC(N)C(=O)O)N=C(C)N. The normalized spacial score (nSPS) is 15.8. The number of allylic oxidation sites excluding steroid dienone is 3. The highest BCUT2D eigenvalue weighted by molar-refractivity contribution is 5.78. The van der Waals surface area contributed by atoms with E-state index in [0.29, 0.717) is 18.0 Å². The Balaban J connectivity index is 4.62. The van der Waals surface area contributed by atoms with Gasteiger partial charge in [-0.05, 0) is 25.5 Å². The van der Waals surface area contributed by atoms with Gasteiger partial charge in [0.15, 0.2) is 0 Å². The smallest absolute Gasteiger partial charge is 0.320 e. The van der Waals surface area contributed by atoms with Crippen LogP contribution in [-0.4, -0.2) is 23.0 Å².